The summed E-state index contributed by atoms with van der Waals surface area (Å²) < 4.78 is 57.2. The molecule has 0 aliphatic rings. The van der Waals surface area contributed by atoms with E-state index in [0.717, 1.165) is 22.9 Å². The van der Waals surface area contributed by atoms with E-state index in [1.54, 1.807) is 0 Å². The van der Waals surface area contributed by atoms with Gasteiger partial charge in [-0.15, -0.1) is 0 Å². The van der Waals surface area contributed by atoms with E-state index < -0.39 is 23.1 Å². The van der Waals surface area contributed by atoms with Gasteiger partial charge in [0.1, 0.15) is 12.1 Å². The Labute approximate surface area is 133 Å². The number of pyridine rings is 1. The lowest BCUT2D eigenvalue weighted by molar-refractivity contribution is -0.138. The Bertz CT molecular complexity index is 911. The van der Waals surface area contributed by atoms with E-state index in [-0.39, 0.29) is 18.1 Å². The standard InChI is InChI=1S/C16H10F4N2O2/c17-12-4-1-10(2-5-12)15-21-13(9-24-15)8-22-7-11(16(18,19)20)3-6-14(22)23/h1-7,9H,8H2. The van der Waals surface area contributed by atoms with Crippen molar-refractivity contribution in [1.29, 1.82) is 0 Å². The second-order valence-electron chi connectivity index (χ2n) is 5.03. The summed E-state index contributed by atoms with van der Waals surface area (Å²) in [6.07, 6.45) is -2.57. The highest BCUT2D eigenvalue weighted by atomic mass is 19.4. The number of oxazole rings is 1. The smallest absolute Gasteiger partial charge is 0.417 e. The quantitative estimate of drug-likeness (QED) is 0.684. The zero-order valence-electron chi connectivity index (χ0n) is 12.0. The minimum absolute atomic E-state index is 0.173. The Morgan fingerprint density at radius 2 is 1.79 bits per heavy atom. The largest absolute Gasteiger partial charge is 0.444 e. The molecule has 0 atom stereocenters. The number of benzene rings is 1. The molecule has 2 aromatic heterocycles. The minimum Gasteiger partial charge on any atom is -0.444 e. The number of alkyl halides is 3. The van der Waals surface area contributed by atoms with Crippen LogP contribution in [0.3, 0.4) is 0 Å². The molecule has 0 fully saturated rings. The topological polar surface area (TPSA) is 48.0 Å². The monoisotopic (exact) mass is 338 g/mol. The average molecular weight is 338 g/mol. The van der Waals surface area contributed by atoms with Crippen LogP contribution in [0, 0.1) is 5.82 Å². The zero-order valence-corrected chi connectivity index (χ0v) is 12.0. The van der Waals surface area contributed by atoms with Crippen LogP contribution in [0.2, 0.25) is 0 Å². The molecule has 3 aromatic rings. The minimum atomic E-state index is -4.54. The highest BCUT2D eigenvalue weighted by Crippen LogP contribution is 2.28. The van der Waals surface area contributed by atoms with E-state index in [2.05, 4.69) is 4.98 Å². The molecule has 4 nitrogen and oxygen atoms in total. The van der Waals surface area contributed by atoms with Crippen LogP contribution >= 0.6 is 0 Å². The summed E-state index contributed by atoms with van der Waals surface area (Å²) in [4.78, 5) is 15.8. The number of rotatable bonds is 3. The van der Waals surface area contributed by atoms with Gasteiger partial charge in [0.2, 0.25) is 5.89 Å². The van der Waals surface area contributed by atoms with Gasteiger partial charge in [-0.25, -0.2) is 9.37 Å². The van der Waals surface area contributed by atoms with Crippen molar-refractivity contribution < 1.29 is 22.0 Å². The third-order valence-electron chi connectivity index (χ3n) is 3.29. The van der Waals surface area contributed by atoms with E-state index >= 15 is 0 Å². The SMILES string of the molecule is O=c1ccc(C(F)(F)F)cn1Cc1coc(-c2ccc(F)cc2)n1. The van der Waals surface area contributed by atoms with Crippen molar-refractivity contribution >= 4 is 0 Å². The predicted molar refractivity (Wildman–Crippen MR) is 76.7 cm³/mol. The summed E-state index contributed by atoms with van der Waals surface area (Å²) in [6, 6.07) is 6.96. The van der Waals surface area contributed by atoms with Gasteiger partial charge < -0.3 is 8.98 Å². The van der Waals surface area contributed by atoms with Crippen LogP contribution in [0.5, 0.6) is 0 Å². The highest BCUT2D eigenvalue weighted by molar-refractivity contribution is 5.52. The molecule has 1 aromatic carbocycles. The fraction of sp³-hybridized carbons (Fsp3) is 0.125. The predicted octanol–water partition coefficient (Wildman–Crippen LogP) is 3.71. The van der Waals surface area contributed by atoms with Gasteiger partial charge >= 0.3 is 6.18 Å². The van der Waals surface area contributed by atoms with E-state index in [1.807, 2.05) is 0 Å². The molecule has 24 heavy (non-hydrogen) atoms. The van der Waals surface area contributed by atoms with Gasteiger partial charge in [0.15, 0.2) is 0 Å². The van der Waals surface area contributed by atoms with Gasteiger partial charge in [0, 0.05) is 17.8 Å². The van der Waals surface area contributed by atoms with Crippen LogP contribution in [0.4, 0.5) is 17.6 Å². The van der Waals surface area contributed by atoms with Gasteiger partial charge in [-0.2, -0.15) is 13.2 Å². The maximum atomic E-state index is 12.9. The molecule has 0 saturated heterocycles. The maximum absolute atomic E-state index is 12.9. The van der Waals surface area contributed by atoms with Crippen molar-refractivity contribution in [2.24, 2.45) is 0 Å². The molecule has 0 spiro atoms. The number of nitrogens with zero attached hydrogens (tertiary/aromatic N) is 2. The molecule has 0 amide bonds. The summed E-state index contributed by atoms with van der Waals surface area (Å²) in [5.74, 6) is -0.230. The van der Waals surface area contributed by atoms with E-state index in [9.17, 15) is 22.4 Å². The molecule has 0 aliphatic heterocycles. The van der Waals surface area contributed by atoms with Crippen molar-refractivity contribution in [3.63, 3.8) is 0 Å². The Kier molecular flexibility index (Phi) is 3.96. The van der Waals surface area contributed by atoms with Gasteiger partial charge in [-0.3, -0.25) is 4.79 Å². The Balaban J connectivity index is 1.87. The van der Waals surface area contributed by atoms with E-state index in [4.69, 9.17) is 4.42 Å². The number of hydrogen-bond acceptors (Lipinski definition) is 3. The first kappa shape index (κ1) is 16.0. The molecule has 0 saturated carbocycles. The fourth-order valence-electron chi connectivity index (χ4n) is 2.10. The molecular weight excluding hydrogens is 328 g/mol. The second kappa shape index (κ2) is 5.95. The molecular formula is C16H10F4N2O2. The lowest BCUT2D eigenvalue weighted by Gasteiger charge is -2.09. The molecule has 0 unspecified atom stereocenters. The van der Waals surface area contributed by atoms with Gasteiger partial charge in [-0.1, -0.05) is 0 Å². The van der Waals surface area contributed by atoms with Crippen LogP contribution in [0.1, 0.15) is 11.3 Å². The average Bonchev–Trinajstić information content (AvgIpc) is 2.97. The summed E-state index contributed by atoms with van der Waals surface area (Å²) in [5.41, 5.74) is -0.728. The Hall–Kier alpha value is -2.90. The summed E-state index contributed by atoms with van der Waals surface area (Å²) in [5, 5.41) is 0. The molecule has 8 heteroatoms. The molecule has 0 bridgehead atoms. The fourth-order valence-corrected chi connectivity index (χ4v) is 2.10. The van der Waals surface area contributed by atoms with Crippen molar-refractivity contribution in [2.75, 3.05) is 0 Å². The molecule has 2 heterocycles. The first-order valence-corrected chi connectivity index (χ1v) is 6.81. The van der Waals surface area contributed by atoms with Crippen LogP contribution in [-0.4, -0.2) is 9.55 Å². The van der Waals surface area contributed by atoms with Gasteiger partial charge in [-0.05, 0) is 30.3 Å². The molecule has 0 aliphatic carbocycles. The maximum Gasteiger partial charge on any atom is 0.417 e. The van der Waals surface area contributed by atoms with Gasteiger partial charge in [0.05, 0.1) is 17.8 Å². The molecule has 124 valence electrons. The number of aromatic nitrogens is 2. The first-order valence-electron chi connectivity index (χ1n) is 6.81. The molecule has 3 rings (SSSR count). The lowest BCUT2D eigenvalue weighted by atomic mass is 10.2. The molecule has 0 radical (unpaired) electrons. The Morgan fingerprint density at radius 1 is 1.08 bits per heavy atom. The third-order valence-corrected chi connectivity index (χ3v) is 3.29. The molecule has 0 N–H and O–H groups in total. The van der Waals surface area contributed by atoms with Crippen LogP contribution in [0.15, 0.2) is 58.1 Å². The second-order valence-corrected chi connectivity index (χ2v) is 5.03. The zero-order chi connectivity index (χ0) is 17.3. The van der Waals surface area contributed by atoms with Gasteiger partial charge in [0.25, 0.3) is 5.56 Å². The normalized spacial score (nSPS) is 11.7. The van der Waals surface area contributed by atoms with E-state index in [0.29, 0.717) is 5.56 Å². The summed E-state index contributed by atoms with van der Waals surface area (Å²) >= 11 is 0. The number of halogens is 4. The lowest BCUT2D eigenvalue weighted by Crippen LogP contribution is -2.22. The summed E-state index contributed by atoms with van der Waals surface area (Å²) in [7, 11) is 0. The van der Waals surface area contributed by atoms with E-state index in [1.165, 1.54) is 30.5 Å². The van der Waals surface area contributed by atoms with Crippen molar-refractivity contribution in [1.82, 2.24) is 9.55 Å². The van der Waals surface area contributed by atoms with Crippen LogP contribution < -0.4 is 5.56 Å². The van der Waals surface area contributed by atoms with Crippen molar-refractivity contribution in [2.45, 2.75) is 12.7 Å². The first-order chi connectivity index (χ1) is 11.3. The van der Waals surface area contributed by atoms with Crippen molar-refractivity contribution in [3.05, 3.63) is 76.3 Å². The Morgan fingerprint density at radius 3 is 2.46 bits per heavy atom. The number of hydrogen-bond donors (Lipinski definition) is 0. The summed E-state index contributed by atoms with van der Waals surface area (Å²) in [6.45, 7) is -0.173. The van der Waals surface area contributed by atoms with Crippen LogP contribution in [-0.2, 0) is 12.7 Å². The van der Waals surface area contributed by atoms with Crippen molar-refractivity contribution in [3.8, 4) is 11.5 Å². The van der Waals surface area contributed by atoms with Crippen LogP contribution in [0.25, 0.3) is 11.5 Å². The highest BCUT2D eigenvalue weighted by Gasteiger charge is 2.31. The third kappa shape index (κ3) is 3.37.